The molecule has 6 heteroatoms. The molecule has 2 aromatic carbocycles. The molecule has 5 nitrogen and oxygen atoms in total. The first-order valence-corrected chi connectivity index (χ1v) is 11.8. The van der Waals surface area contributed by atoms with Gasteiger partial charge in [-0.2, -0.15) is 0 Å². The Hall–Kier alpha value is -2.53. The van der Waals surface area contributed by atoms with Gasteiger partial charge < -0.3 is 15.4 Å². The normalized spacial score (nSPS) is 27.8. The number of carbonyl (C=O) groups is 2. The molecule has 0 spiro atoms. The first-order chi connectivity index (χ1) is 15.4. The molecule has 4 saturated carbocycles. The minimum Gasteiger partial charge on any atom is -0.494 e. The van der Waals surface area contributed by atoms with Crippen molar-refractivity contribution in [3.63, 3.8) is 0 Å². The molecule has 168 valence electrons. The number of benzene rings is 2. The zero-order chi connectivity index (χ0) is 22.3. The lowest BCUT2D eigenvalue weighted by atomic mass is 9.49. The second-order valence-corrected chi connectivity index (χ2v) is 10.4. The van der Waals surface area contributed by atoms with Crippen molar-refractivity contribution in [1.82, 2.24) is 0 Å². The van der Waals surface area contributed by atoms with E-state index < -0.39 is 0 Å². The summed E-state index contributed by atoms with van der Waals surface area (Å²) in [6, 6.07) is 12.2. The fraction of sp³-hybridized carbons (Fsp3) is 0.462. The number of ether oxygens (including phenoxy) is 1. The van der Waals surface area contributed by atoms with E-state index in [1.54, 1.807) is 49.6 Å². The third-order valence-electron chi connectivity index (χ3n) is 7.55. The van der Waals surface area contributed by atoms with Crippen LogP contribution in [-0.4, -0.2) is 18.9 Å². The zero-order valence-electron chi connectivity index (χ0n) is 18.3. The van der Waals surface area contributed by atoms with Crippen molar-refractivity contribution in [2.24, 2.45) is 23.2 Å². The van der Waals surface area contributed by atoms with Gasteiger partial charge in [-0.3, -0.25) is 9.59 Å². The minimum absolute atomic E-state index is 0.0712. The van der Waals surface area contributed by atoms with Crippen molar-refractivity contribution in [2.45, 2.75) is 44.9 Å². The molecule has 4 bridgehead atoms. The topological polar surface area (TPSA) is 67.4 Å². The predicted molar refractivity (Wildman–Crippen MR) is 126 cm³/mol. The highest BCUT2D eigenvalue weighted by atomic mass is 35.5. The molecular formula is C26H29ClN2O3. The van der Waals surface area contributed by atoms with Crippen LogP contribution < -0.4 is 15.4 Å². The summed E-state index contributed by atoms with van der Waals surface area (Å²) in [7, 11) is 1.54. The molecule has 2 N–H and O–H groups in total. The number of amides is 2. The smallest absolute Gasteiger partial charge is 0.257 e. The number of rotatable bonds is 6. The van der Waals surface area contributed by atoms with E-state index in [2.05, 4.69) is 10.6 Å². The molecule has 0 saturated heterocycles. The van der Waals surface area contributed by atoms with Crippen LogP contribution in [-0.2, 0) is 4.79 Å². The van der Waals surface area contributed by atoms with Gasteiger partial charge in [0.15, 0.2) is 0 Å². The number of anilines is 2. The molecule has 0 heterocycles. The second kappa shape index (κ2) is 8.43. The lowest BCUT2D eigenvalue weighted by Gasteiger charge is -2.56. The standard InChI is InChI=1S/C26H29ClN2O3/c1-32-23-11-19(6-7-22(23)29-25(31)20-4-2-3-5-21(20)27)28-24(30)15-26-12-16-8-17(13-26)10-18(9-16)14-26/h2-7,11,16-18H,8-10,12-15H2,1H3,(H,28,30)(H,29,31). The van der Waals surface area contributed by atoms with Gasteiger partial charge in [-0.25, -0.2) is 0 Å². The van der Waals surface area contributed by atoms with E-state index in [9.17, 15) is 9.59 Å². The fourth-order valence-corrected chi connectivity index (χ4v) is 6.98. The van der Waals surface area contributed by atoms with Crippen molar-refractivity contribution >= 4 is 34.8 Å². The van der Waals surface area contributed by atoms with E-state index in [0.717, 1.165) is 17.8 Å². The van der Waals surface area contributed by atoms with E-state index >= 15 is 0 Å². The Labute approximate surface area is 193 Å². The van der Waals surface area contributed by atoms with Crippen LogP contribution in [0, 0.1) is 23.2 Å². The van der Waals surface area contributed by atoms with Gasteiger partial charge in [0.25, 0.3) is 5.91 Å². The lowest BCUT2D eigenvalue weighted by Crippen LogP contribution is -2.47. The molecule has 6 rings (SSSR count). The quantitative estimate of drug-likeness (QED) is 0.552. The molecule has 0 aliphatic heterocycles. The first-order valence-electron chi connectivity index (χ1n) is 11.5. The average molecular weight is 453 g/mol. The van der Waals surface area contributed by atoms with Crippen LogP contribution in [0.5, 0.6) is 5.75 Å². The van der Waals surface area contributed by atoms with Crippen LogP contribution >= 0.6 is 11.6 Å². The van der Waals surface area contributed by atoms with Crippen LogP contribution in [0.15, 0.2) is 42.5 Å². The lowest BCUT2D eigenvalue weighted by molar-refractivity contribution is -0.124. The van der Waals surface area contributed by atoms with Crippen molar-refractivity contribution < 1.29 is 14.3 Å². The van der Waals surface area contributed by atoms with Crippen LogP contribution in [0.1, 0.15) is 55.3 Å². The Morgan fingerprint density at radius 3 is 2.28 bits per heavy atom. The SMILES string of the molecule is COc1cc(NC(=O)CC23CC4CC(CC(C4)C2)C3)ccc1NC(=O)c1ccccc1Cl. The van der Waals surface area contributed by atoms with Gasteiger partial charge in [-0.15, -0.1) is 0 Å². The molecule has 2 amide bonds. The van der Waals surface area contributed by atoms with Gasteiger partial charge in [0.2, 0.25) is 5.91 Å². The van der Waals surface area contributed by atoms with E-state index in [-0.39, 0.29) is 17.2 Å². The Kier molecular flexibility index (Phi) is 5.62. The molecule has 4 aliphatic rings. The Morgan fingerprint density at radius 2 is 1.66 bits per heavy atom. The Balaban J connectivity index is 1.25. The van der Waals surface area contributed by atoms with E-state index in [4.69, 9.17) is 16.3 Å². The van der Waals surface area contributed by atoms with Crippen molar-refractivity contribution in [3.8, 4) is 5.75 Å². The number of methoxy groups -OCH3 is 1. The molecule has 4 fully saturated rings. The molecule has 4 aliphatic carbocycles. The second-order valence-electron chi connectivity index (χ2n) is 9.99. The highest BCUT2D eigenvalue weighted by Crippen LogP contribution is 2.61. The van der Waals surface area contributed by atoms with Gasteiger partial charge in [0, 0.05) is 18.2 Å². The summed E-state index contributed by atoms with van der Waals surface area (Å²) in [6.45, 7) is 0. The third kappa shape index (κ3) is 4.23. The van der Waals surface area contributed by atoms with Crippen molar-refractivity contribution in [1.29, 1.82) is 0 Å². The third-order valence-corrected chi connectivity index (χ3v) is 7.88. The van der Waals surface area contributed by atoms with Gasteiger partial charge in [0.1, 0.15) is 5.75 Å². The van der Waals surface area contributed by atoms with Gasteiger partial charge in [-0.1, -0.05) is 23.7 Å². The molecule has 32 heavy (non-hydrogen) atoms. The summed E-state index contributed by atoms with van der Waals surface area (Å²) >= 11 is 6.13. The molecule has 0 atom stereocenters. The largest absolute Gasteiger partial charge is 0.494 e. The van der Waals surface area contributed by atoms with Crippen LogP contribution in [0.25, 0.3) is 0 Å². The average Bonchev–Trinajstić information content (AvgIpc) is 2.73. The maximum atomic E-state index is 12.9. The maximum absolute atomic E-state index is 12.9. The van der Waals surface area contributed by atoms with E-state index in [1.165, 1.54) is 38.5 Å². The molecule has 0 radical (unpaired) electrons. The highest BCUT2D eigenvalue weighted by molar-refractivity contribution is 6.34. The zero-order valence-corrected chi connectivity index (χ0v) is 19.1. The molecule has 0 aromatic heterocycles. The monoisotopic (exact) mass is 452 g/mol. The molecular weight excluding hydrogens is 424 g/mol. The molecule has 2 aromatic rings. The predicted octanol–water partition coefficient (Wildman–Crippen LogP) is 6.15. The van der Waals surface area contributed by atoms with Crippen molar-refractivity contribution in [3.05, 3.63) is 53.1 Å². The van der Waals surface area contributed by atoms with Gasteiger partial charge in [0.05, 0.1) is 23.4 Å². The van der Waals surface area contributed by atoms with E-state index in [0.29, 0.717) is 34.1 Å². The fourth-order valence-electron chi connectivity index (χ4n) is 6.76. The highest BCUT2D eigenvalue weighted by Gasteiger charge is 2.51. The first kappa shape index (κ1) is 21.3. The summed E-state index contributed by atoms with van der Waals surface area (Å²) in [5.41, 5.74) is 1.79. The van der Waals surface area contributed by atoms with Gasteiger partial charge >= 0.3 is 0 Å². The molecule has 0 unspecified atom stereocenters. The van der Waals surface area contributed by atoms with Crippen molar-refractivity contribution in [2.75, 3.05) is 17.7 Å². The summed E-state index contributed by atoms with van der Waals surface area (Å²) < 4.78 is 5.47. The maximum Gasteiger partial charge on any atom is 0.257 e. The summed E-state index contributed by atoms with van der Waals surface area (Å²) in [6.07, 6.45) is 8.36. The van der Waals surface area contributed by atoms with Crippen LogP contribution in [0.2, 0.25) is 5.02 Å². The summed E-state index contributed by atoms with van der Waals surface area (Å²) in [5, 5.41) is 6.29. The minimum atomic E-state index is -0.312. The number of hydrogen-bond donors (Lipinski definition) is 2. The number of carbonyl (C=O) groups excluding carboxylic acids is 2. The summed E-state index contributed by atoms with van der Waals surface area (Å²) in [5.74, 6) is 2.73. The summed E-state index contributed by atoms with van der Waals surface area (Å²) in [4.78, 5) is 25.5. The number of nitrogens with one attached hydrogen (secondary N) is 2. The van der Waals surface area contributed by atoms with Gasteiger partial charge in [-0.05, 0) is 86.0 Å². The van der Waals surface area contributed by atoms with Crippen LogP contribution in [0.4, 0.5) is 11.4 Å². The number of hydrogen-bond acceptors (Lipinski definition) is 3. The number of halogens is 1. The van der Waals surface area contributed by atoms with Crippen LogP contribution in [0.3, 0.4) is 0 Å². The Bertz CT molecular complexity index is 1020. The Morgan fingerprint density at radius 1 is 1.00 bits per heavy atom. The van der Waals surface area contributed by atoms with E-state index in [1.807, 2.05) is 0 Å².